The standard InChI is InChI=1S/C29H32ClFN8O2/c1-16(2)25-32-10-9-17(3)38(25)39-27-20(13-21(30)24(34-27)19-7-5-6-8-22(19)31)26(35-29(39)41)37-12-11-36(15-18(37)4)28(40)23-14-33-23/h5-10,13,16,18,23,25,33H,11-12,14-15H2,1-4H3/t18-,23+,25?/m0/s1. The molecule has 3 aliphatic heterocycles. The molecule has 10 nitrogen and oxygen atoms in total. The highest BCUT2D eigenvalue weighted by Crippen LogP contribution is 2.35. The average molecular weight is 579 g/mol. The Morgan fingerprint density at radius 1 is 1.20 bits per heavy atom. The third kappa shape index (κ3) is 4.87. The van der Waals surface area contributed by atoms with Crippen LogP contribution >= 0.6 is 11.6 Å². The van der Waals surface area contributed by atoms with Crippen LogP contribution in [0.15, 0.2) is 51.9 Å². The van der Waals surface area contributed by atoms with Crippen LogP contribution in [-0.2, 0) is 4.79 Å². The number of carbonyl (C=O) groups is 1. The Hall–Kier alpha value is -3.83. The summed E-state index contributed by atoms with van der Waals surface area (Å²) in [6.45, 7) is 10.1. The number of allylic oxidation sites excluding steroid dienone is 2. The maximum atomic E-state index is 14.9. The van der Waals surface area contributed by atoms with Crippen molar-refractivity contribution in [3.8, 4) is 11.3 Å². The molecule has 12 heteroatoms. The SMILES string of the molecule is CC1=CC=NC(C(C)C)N1n1c(=O)nc(N2CCN(C(=O)[C@H]3CN3)C[C@@H]2C)c2cc(Cl)c(-c3ccccc3F)nc21. The lowest BCUT2D eigenvalue weighted by Gasteiger charge is -2.41. The van der Waals surface area contributed by atoms with Crippen molar-refractivity contribution in [2.24, 2.45) is 10.9 Å². The van der Waals surface area contributed by atoms with Crippen molar-refractivity contribution < 1.29 is 9.18 Å². The molecule has 0 aliphatic carbocycles. The molecule has 2 saturated heterocycles. The van der Waals surface area contributed by atoms with E-state index in [4.69, 9.17) is 16.6 Å². The van der Waals surface area contributed by atoms with Gasteiger partial charge in [0.1, 0.15) is 17.8 Å². The number of nitrogens with one attached hydrogen (secondary N) is 1. The first kappa shape index (κ1) is 27.3. The maximum absolute atomic E-state index is 14.9. The first-order chi connectivity index (χ1) is 19.7. The first-order valence-corrected chi connectivity index (χ1v) is 14.2. The molecule has 6 rings (SSSR count). The van der Waals surface area contributed by atoms with E-state index in [1.165, 1.54) is 10.7 Å². The van der Waals surface area contributed by atoms with Gasteiger partial charge in [-0.05, 0) is 44.0 Å². The zero-order chi connectivity index (χ0) is 29.0. The average Bonchev–Trinajstić information content (AvgIpc) is 3.79. The van der Waals surface area contributed by atoms with Gasteiger partial charge >= 0.3 is 5.69 Å². The number of piperazine rings is 1. The summed E-state index contributed by atoms with van der Waals surface area (Å²) >= 11 is 6.78. The van der Waals surface area contributed by atoms with Gasteiger partial charge in [0.25, 0.3) is 0 Å². The van der Waals surface area contributed by atoms with Gasteiger partial charge in [0, 0.05) is 49.7 Å². The number of hydrogen-bond acceptors (Lipinski definition) is 8. The molecule has 3 atom stereocenters. The number of aliphatic imine (C=N–C) groups is 1. The van der Waals surface area contributed by atoms with Gasteiger partial charge in [0.15, 0.2) is 5.65 Å². The summed E-state index contributed by atoms with van der Waals surface area (Å²) in [7, 11) is 0. The minimum atomic E-state index is -0.537. The second-order valence-electron chi connectivity index (χ2n) is 11.1. The zero-order valence-corrected chi connectivity index (χ0v) is 24.1. The van der Waals surface area contributed by atoms with Crippen molar-refractivity contribution in [3.63, 3.8) is 0 Å². The number of amides is 1. The van der Waals surface area contributed by atoms with E-state index in [9.17, 15) is 14.0 Å². The van der Waals surface area contributed by atoms with Crippen LogP contribution < -0.4 is 20.9 Å². The normalized spacial score (nSPS) is 22.5. The molecule has 0 saturated carbocycles. The lowest BCUT2D eigenvalue weighted by atomic mass is 10.1. The highest BCUT2D eigenvalue weighted by Gasteiger charge is 2.37. The minimum absolute atomic E-state index is 0.0569. The van der Waals surface area contributed by atoms with Crippen molar-refractivity contribution in [2.45, 2.75) is 45.9 Å². The summed E-state index contributed by atoms with van der Waals surface area (Å²) in [6.07, 6.45) is 3.18. The van der Waals surface area contributed by atoms with Crippen LogP contribution in [0.2, 0.25) is 5.02 Å². The van der Waals surface area contributed by atoms with Gasteiger partial charge in [0.2, 0.25) is 5.91 Å². The lowest BCUT2D eigenvalue weighted by molar-refractivity contribution is -0.131. The van der Waals surface area contributed by atoms with Crippen molar-refractivity contribution in [1.29, 1.82) is 0 Å². The van der Waals surface area contributed by atoms with E-state index in [0.29, 0.717) is 43.0 Å². The molecular formula is C29H32ClFN8O2. The van der Waals surface area contributed by atoms with Crippen LogP contribution in [-0.4, -0.2) is 76.1 Å². The number of hydrogen-bond donors (Lipinski definition) is 1. The number of fused-ring (bicyclic) bond motifs is 1. The fourth-order valence-electron chi connectivity index (χ4n) is 5.59. The highest BCUT2D eigenvalue weighted by molar-refractivity contribution is 6.33. The summed E-state index contributed by atoms with van der Waals surface area (Å²) in [5.41, 5.74) is 1.01. The molecule has 2 aromatic heterocycles. The van der Waals surface area contributed by atoms with Gasteiger partial charge in [0.05, 0.1) is 22.1 Å². The molecule has 1 amide bonds. The molecule has 214 valence electrons. The van der Waals surface area contributed by atoms with E-state index in [1.807, 2.05) is 43.6 Å². The fraction of sp³-hybridized carbons (Fsp3) is 0.414. The molecular weight excluding hydrogens is 547 g/mol. The quantitative estimate of drug-likeness (QED) is 0.463. The van der Waals surface area contributed by atoms with Crippen LogP contribution in [0.5, 0.6) is 0 Å². The molecule has 2 fully saturated rings. The molecule has 1 aromatic carbocycles. The summed E-state index contributed by atoms with van der Waals surface area (Å²) in [5, 5.41) is 5.65. The van der Waals surface area contributed by atoms with Crippen LogP contribution in [0, 0.1) is 11.7 Å². The third-order valence-corrected chi connectivity index (χ3v) is 8.09. The van der Waals surface area contributed by atoms with Crippen LogP contribution in [0.1, 0.15) is 27.7 Å². The number of halogens is 2. The van der Waals surface area contributed by atoms with Crippen molar-refractivity contribution in [1.82, 2.24) is 24.9 Å². The van der Waals surface area contributed by atoms with Gasteiger partial charge in [-0.2, -0.15) is 9.66 Å². The number of benzene rings is 1. The summed E-state index contributed by atoms with van der Waals surface area (Å²) in [5.74, 6) is 0.115. The largest absolute Gasteiger partial charge is 0.370 e. The number of aromatic nitrogens is 3. The number of pyridine rings is 1. The Labute approximate surface area is 242 Å². The molecule has 5 heterocycles. The summed E-state index contributed by atoms with van der Waals surface area (Å²) < 4.78 is 16.4. The van der Waals surface area contributed by atoms with E-state index in [0.717, 1.165) is 5.70 Å². The summed E-state index contributed by atoms with van der Waals surface area (Å²) in [4.78, 5) is 44.6. The summed E-state index contributed by atoms with van der Waals surface area (Å²) in [6, 6.07) is 7.76. The van der Waals surface area contributed by atoms with E-state index in [-0.39, 0.29) is 46.4 Å². The van der Waals surface area contributed by atoms with Gasteiger partial charge < -0.3 is 15.1 Å². The van der Waals surface area contributed by atoms with Crippen LogP contribution in [0.4, 0.5) is 10.2 Å². The molecule has 3 aromatic rings. The molecule has 0 spiro atoms. The molecule has 0 radical (unpaired) electrons. The van der Waals surface area contributed by atoms with Crippen LogP contribution in [0.3, 0.4) is 0 Å². The minimum Gasteiger partial charge on any atom is -0.350 e. The number of rotatable bonds is 5. The van der Waals surface area contributed by atoms with E-state index in [1.54, 1.807) is 35.5 Å². The molecule has 1 unspecified atom stereocenters. The maximum Gasteiger partial charge on any atom is 0.370 e. The van der Waals surface area contributed by atoms with Gasteiger partial charge in [-0.3, -0.25) is 14.8 Å². The van der Waals surface area contributed by atoms with Crippen molar-refractivity contribution in [2.75, 3.05) is 36.1 Å². The second kappa shape index (κ2) is 10.5. The Kier molecular flexibility index (Phi) is 7.03. The van der Waals surface area contributed by atoms with Gasteiger partial charge in [-0.25, -0.2) is 14.2 Å². The van der Waals surface area contributed by atoms with Crippen molar-refractivity contribution >= 4 is 40.6 Å². The monoisotopic (exact) mass is 578 g/mol. The molecule has 1 N–H and O–H groups in total. The Morgan fingerprint density at radius 2 is 1.95 bits per heavy atom. The van der Waals surface area contributed by atoms with Crippen molar-refractivity contribution in [3.05, 3.63) is 63.4 Å². The number of carbonyl (C=O) groups excluding carboxylic acids is 1. The lowest BCUT2D eigenvalue weighted by Crippen LogP contribution is -2.56. The third-order valence-electron chi connectivity index (χ3n) is 7.80. The number of nitrogens with zero attached hydrogens (tertiary/aromatic N) is 7. The predicted molar refractivity (Wildman–Crippen MR) is 158 cm³/mol. The Morgan fingerprint density at radius 3 is 2.63 bits per heavy atom. The zero-order valence-electron chi connectivity index (χ0n) is 23.4. The fourth-order valence-corrected chi connectivity index (χ4v) is 5.85. The first-order valence-electron chi connectivity index (χ1n) is 13.8. The smallest absolute Gasteiger partial charge is 0.350 e. The van der Waals surface area contributed by atoms with E-state index >= 15 is 0 Å². The molecule has 3 aliphatic rings. The highest BCUT2D eigenvalue weighted by atomic mass is 35.5. The van der Waals surface area contributed by atoms with E-state index < -0.39 is 11.5 Å². The Bertz CT molecular complexity index is 1650. The molecule has 41 heavy (non-hydrogen) atoms. The predicted octanol–water partition coefficient (Wildman–Crippen LogP) is 3.17. The topological polar surface area (TPSA) is 109 Å². The van der Waals surface area contributed by atoms with Crippen LogP contribution in [0.25, 0.3) is 22.3 Å². The number of anilines is 1. The second-order valence-corrected chi connectivity index (χ2v) is 11.5. The van der Waals surface area contributed by atoms with Gasteiger partial charge in [-0.15, -0.1) is 0 Å². The molecule has 0 bridgehead atoms. The van der Waals surface area contributed by atoms with E-state index in [2.05, 4.69) is 15.3 Å². The van der Waals surface area contributed by atoms with Gasteiger partial charge in [-0.1, -0.05) is 37.6 Å². The Balaban J connectivity index is 1.54.